The fourth-order valence-electron chi connectivity index (χ4n) is 3.75. The van der Waals surface area contributed by atoms with Crippen LogP contribution in [-0.4, -0.2) is 22.6 Å². The Kier molecular flexibility index (Phi) is 5.08. The molecule has 6 heteroatoms. The van der Waals surface area contributed by atoms with Gasteiger partial charge in [-0.15, -0.1) is 0 Å². The maximum Gasteiger partial charge on any atom is 0.259 e. The summed E-state index contributed by atoms with van der Waals surface area (Å²) in [5.41, 5.74) is 4.55. The standard InChI is InChI=1S/C25H21N3O2S/c1-3-13-28-20-12-11-17(15-22(20)31-21-10-5-4-9-19(21)25(28)29)23-26-24(30-27-23)18-8-6-7-16(2)14-18/h4-12,14-15H,3,13H2,1-2H3. The molecule has 1 aliphatic heterocycles. The number of hydrogen-bond acceptors (Lipinski definition) is 5. The Bertz CT molecular complexity index is 1280. The van der Waals surface area contributed by atoms with Crippen molar-refractivity contribution in [2.45, 2.75) is 30.1 Å². The SMILES string of the molecule is CCCN1C(=O)c2ccccc2Sc2cc(-c3noc(-c4cccc(C)c4)n3)ccc21. The summed E-state index contributed by atoms with van der Waals surface area (Å²) in [6.45, 7) is 4.78. The molecular formula is C25H21N3O2S. The van der Waals surface area contributed by atoms with Crippen molar-refractivity contribution in [3.8, 4) is 22.8 Å². The zero-order chi connectivity index (χ0) is 21.4. The zero-order valence-corrected chi connectivity index (χ0v) is 18.1. The van der Waals surface area contributed by atoms with Gasteiger partial charge in [-0.25, -0.2) is 0 Å². The lowest BCUT2D eigenvalue weighted by atomic mass is 10.1. The topological polar surface area (TPSA) is 59.2 Å². The molecule has 1 aliphatic rings. The van der Waals surface area contributed by atoms with E-state index in [1.54, 1.807) is 11.8 Å². The van der Waals surface area contributed by atoms with Gasteiger partial charge in [-0.2, -0.15) is 4.98 Å². The molecule has 0 radical (unpaired) electrons. The van der Waals surface area contributed by atoms with Crippen LogP contribution < -0.4 is 4.90 Å². The third kappa shape index (κ3) is 3.64. The number of fused-ring (bicyclic) bond motifs is 2. The lowest BCUT2D eigenvalue weighted by molar-refractivity contribution is 0.0984. The van der Waals surface area contributed by atoms with Crippen LogP contribution in [0.15, 0.2) is 81.0 Å². The predicted octanol–water partition coefficient (Wildman–Crippen LogP) is 6.23. The van der Waals surface area contributed by atoms with E-state index >= 15 is 0 Å². The molecule has 0 N–H and O–H groups in total. The normalized spacial score (nSPS) is 13.0. The largest absolute Gasteiger partial charge is 0.334 e. The Balaban J connectivity index is 1.56. The number of carbonyl (C=O) groups is 1. The van der Waals surface area contributed by atoms with Gasteiger partial charge in [0.2, 0.25) is 5.82 Å². The fourth-order valence-corrected chi connectivity index (χ4v) is 4.86. The lowest BCUT2D eigenvalue weighted by Gasteiger charge is -2.22. The van der Waals surface area contributed by atoms with E-state index in [2.05, 4.69) is 17.1 Å². The van der Waals surface area contributed by atoms with Crippen molar-refractivity contribution in [3.63, 3.8) is 0 Å². The van der Waals surface area contributed by atoms with Crippen molar-refractivity contribution in [3.05, 3.63) is 77.9 Å². The fraction of sp³-hybridized carbons (Fsp3) is 0.160. The summed E-state index contributed by atoms with van der Waals surface area (Å²) in [4.78, 5) is 21.6. The van der Waals surface area contributed by atoms with Crippen molar-refractivity contribution in [2.24, 2.45) is 0 Å². The van der Waals surface area contributed by atoms with Crippen LogP contribution in [0, 0.1) is 6.92 Å². The number of anilines is 1. The first-order valence-electron chi connectivity index (χ1n) is 10.3. The summed E-state index contributed by atoms with van der Waals surface area (Å²) in [6, 6.07) is 21.7. The van der Waals surface area contributed by atoms with Gasteiger partial charge in [0.1, 0.15) is 0 Å². The Morgan fingerprint density at radius 2 is 1.84 bits per heavy atom. The van der Waals surface area contributed by atoms with Crippen molar-refractivity contribution in [1.29, 1.82) is 0 Å². The minimum atomic E-state index is 0.0396. The van der Waals surface area contributed by atoms with Gasteiger partial charge in [0.15, 0.2) is 0 Å². The molecule has 0 saturated heterocycles. The van der Waals surface area contributed by atoms with E-state index in [4.69, 9.17) is 4.52 Å². The molecule has 1 aromatic heterocycles. The smallest absolute Gasteiger partial charge is 0.259 e. The van der Waals surface area contributed by atoms with E-state index < -0.39 is 0 Å². The van der Waals surface area contributed by atoms with Crippen LogP contribution >= 0.6 is 11.8 Å². The third-order valence-electron chi connectivity index (χ3n) is 5.23. The average Bonchev–Trinajstić information content (AvgIpc) is 3.24. The quantitative estimate of drug-likeness (QED) is 0.386. The molecule has 5 rings (SSSR count). The predicted molar refractivity (Wildman–Crippen MR) is 122 cm³/mol. The highest BCUT2D eigenvalue weighted by molar-refractivity contribution is 7.99. The molecule has 0 fully saturated rings. The molecule has 5 nitrogen and oxygen atoms in total. The maximum atomic E-state index is 13.2. The van der Waals surface area contributed by atoms with Crippen molar-refractivity contribution < 1.29 is 9.32 Å². The van der Waals surface area contributed by atoms with Crippen molar-refractivity contribution in [1.82, 2.24) is 10.1 Å². The van der Waals surface area contributed by atoms with E-state index in [1.807, 2.05) is 78.6 Å². The summed E-state index contributed by atoms with van der Waals surface area (Å²) < 4.78 is 5.53. The Hall–Kier alpha value is -3.38. The van der Waals surface area contributed by atoms with Gasteiger partial charge < -0.3 is 9.42 Å². The van der Waals surface area contributed by atoms with E-state index in [0.717, 1.165) is 44.2 Å². The number of hydrogen-bond donors (Lipinski definition) is 0. The van der Waals surface area contributed by atoms with E-state index in [9.17, 15) is 4.79 Å². The highest BCUT2D eigenvalue weighted by Gasteiger charge is 2.27. The van der Waals surface area contributed by atoms with E-state index in [0.29, 0.717) is 18.3 Å². The molecule has 0 unspecified atom stereocenters. The third-order valence-corrected chi connectivity index (χ3v) is 6.35. The second-order valence-electron chi connectivity index (χ2n) is 7.53. The summed E-state index contributed by atoms with van der Waals surface area (Å²) in [6.07, 6.45) is 0.879. The van der Waals surface area contributed by atoms with E-state index in [-0.39, 0.29) is 5.91 Å². The molecule has 1 amide bonds. The molecule has 0 bridgehead atoms. The highest BCUT2D eigenvalue weighted by atomic mass is 32.2. The van der Waals surface area contributed by atoms with Gasteiger partial charge in [-0.1, -0.05) is 53.7 Å². The lowest BCUT2D eigenvalue weighted by Crippen LogP contribution is -2.31. The molecule has 0 saturated carbocycles. The summed E-state index contributed by atoms with van der Waals surface area (Å²) >= 11 is 1.60. The van der Waals surface area contributed by atoms with Gasteiger partial charge in [0, 0.05) is 27.5 Å². The Morgan fingerprint density at radius 1 is 0.968 bits per heavy atom. The van der Waals surface area contributed by atoms with Gasteiger partial charge in [-0.3, -0.25) is 4.79 Å². The number of carbonyl (C=O) groups excluding carboxylic acids is 1. The number of rotatable bonds is 4. The molecule has 2 heterocycles. The van der Waals surface area contributed by atoms with Crippen LogP contribution in [0.1, 0.15) is 29.3 Å². The molecular weight excluding hydrogens is 406 g/mol. The van der Waals surface area contributed by atoms with Gasteiger partial charge in [0.25, 0.3) is 11.8 Å². The molecule has 0 spiro atoms. The van der Waals surface area contributed by atoms with E-state index in [1.165, 1.54) is 0 Å². The monoisotopic (exact) mass is 427 g/mol. The first-order valence-corrected chi connectivity index (χ1v) is 11.1. The molecule has 0 atom stereocenters. The van der Waals surface area contributed by atoms with Crippen molar-refractivity contribution >= 4 is 23.4 Å². The second kappa shape index (κ2) is 8.04. The Labute approximate surface area is 185 Å². The summed E-state index contributed by atoms with van der Waals surface area (Å²) in [7, 11) is 0. The zero-order valence-electron chi connectivity index (χ0n) is 17.3. The molecule has 4 aromatic rings. The van der Waals surface area contributed by atoms with Gasteiger partial charge in [-0.05, 0) is 55.8 Å². The first-order chi connectivity index (χ1) is 15.1. The Morgan fingerprint density at radius 3 is 2.68 bits per heavy atom. The minimum absolute atomic E-state index is 0.0396. The minimum Gasteiger partial charge on any atom is -0.334 e. The average molecular weight is 428 g/mol. The van der Waals surface area contributed by atoms with Crippen LogP contribution in [0.4, 0.5) is 5.69 Å². The number of aromatic nitrogens is 2. The first kappa shape index (κ1) is 19.6. The number of amides is 1. The number of benzene rings is 3. The number of nitrogens with zero attached hydrogens (tertiary/aromatic N) is 3. The van der Waals surface area contributed by atoms with Crippen LogP contribution in [-0.2, 0) is 0 Å². The molecule has 31 heavy (non-hydrogen) atoms. The second-order valence-corrected chi connectivity index (χ2v) is 8.61. The molecule has 3 aromatic carbocycles. The summed E-state index contributed by atoms with van der Waals surface area (Å²) in [5.74, 6) is 1.07. The van der Waals surface area contributed by atoms with Gasteiger partial charge in [0.05, 0.1) is 11.3 Å². The maximum absolute atomic E-state index is 13.2. The highest BCUT2D eigenvalue weighted by Crippen LogP contribution is 2.43. The number of aryl methyl sites for hydroxylation is 1. The van der Waals surface area contributed by atoms with Crippen LogP contribution in [0.2, 0.25) is 0 Å². The summed E-state index contributed by atoms with van der Waals surface area (Å²) in [5, 5.41) is 4.20. The van der Waals surface area contributed by atoms with Crippen LogP contribution in [0.25, 0.3) is 22.8 Å². The molecule has 154 valence electrons. The van der Waals surface area contributed by atoms with Crippen LogP contribution in [0.3, 0.4) is 0 Å². The molecule has 0 aliphatic carbocycles. The van der Waals surface area contributed by atoms with Crippen molar-refractivity contribution in [2.75, 3.05) is 11.4 Å². The van der Waals surface area contributed by atoms with Crippen LogP contribution in [0.5, 0.6) is 0 Å². The van der Waals surface area contributed by atoms with Gasteiger partial charge >= 0.3 is 0 Å².